The lowest BCUT2D eigenvalue weighted by Gasteiger charge is -2.32. The summed E-state index contributed by atoms with van der Waals surface area (Å²) < 4.78 is 0. The van der Waals surface area contributed by atoms with Gasteiger partial charge in [0.25, 0.3) is 0 Å². The van der Waals surface area contributed by atoms with Gasteiger partial charge >= 0.3 is 6.09 Å². The molecule has 0 heterocycles. The Balaban J connectivity index is 2.32. The maximum Gasteiger partial charge on any atom is 0.404 e. The van der Waals surface area contributed by atoms with Gasteiger partial charge in [-0.2, -0.15) is 0 Å². The molecule has 1 aliphatic rings. The van der Waals surface area contributed by atoms with Crippen LogP contribution >= 0.6 is 0 Å². The number of carbonyl (C=O) groups excluding carboxylic acids is 1. The van der Waals surface area contributed by atoms with Crippen LogP contribution in [0.3, 0.4) is 0 Å². The van der Waals surface area contributed by atoms with Gasteiger partial charge in [-0.25, -0.2) is 4.79 Å². The summed E-state index contributed by atoms with van der Waals surface area (Å²) in [5, 5.41) is 23.0. The molecule has 1 rings (SSSR count). The van der Waals surface area contributed by atoms with Gasteiger partial charge in [0.2, 0.25) is 5.91 Å². The van der Waals surface area contributed by atoms with Crippen LogP contribution in [0, 0.1) is 5.92 Å². The molecular formula is C12H22N2O4. The van der Waals surface area contributed by atoms with Crippen molar-refractivity contribution in [2.24, 2.45) is 5.92 Å². The van der Waals surface area contributed by atoms with Gasteiger partial charge in [-0.3, -0.25) is 4.79 Å². The molecule has 0 aromatic rings. The lowest BCUT2D eigenvalue weighted by molar-refractivity contribution is -0.129. The SMILES string of the molecule is CC(O)C(=O)NC1CCC(C(C)NC(=O)O)CC1. The molecule has 104 valence electrons. The molecule has 6 heteroatoms. The third-order valence-electron chi connectivity index (χ3n) is 3.56. The minimum absolute atomic E-state index is 0.0593. The van der Waals surface area contributed by atoms with E-state index in [1.165, 1.54) is 6.92 Å². The highest BCUT2D eigenvalue weighted by molar-refractivity contribution is 5.80. The van der Waals surface area contributed by atoms with Crippen LogP contribution in [0.2, 0.25) is 0 Å². The van der Waals surface area contributed by atoms with Crippen molar-refractivity contribution in [3.05, 3.63) is 0 Å². The number of hydrogen-bond donors (Lipinski definition) is 4. The zero-order valence-electron chi connectivity index (χ0n) is 10.8. The molecule has 2 atom stereocenters. The molecule has 0 saturated heterocycles. The van der Waals surface area contributed by atoms with E-state index in [4.69, 9.17) is 10.2 Å². The number of rotatable bonds is 4. The van der Waals surface area contributed by atoms with E-state index < -0.39 is 12.2 Å². The third kappa shape index (κ3) is 4.52. The first-order valence-electron chi connectivity index (χ1n) is 6.38. The first kappa shape index (κ1) is 14.8. The quantitative estimate of drug-likeness (QED) is 0.596. The van der Waals surface area contributed by atoms with Gasteiger partial charge in [-0.05, 0) is 45.4 Å². The van der Waals surface area contributed by atoms with Crippen molar-refractivity contribution in [3.8, 4) is 0 Å². The van der Waals surface area contributed by atoms with E-state index in [-0.39, 0.29) is 18.0 Å². The predicted molar refractivity (Wildman–Crippen MR) is 66.2 cm³/mol. The number of aliphatic hydroxyl groups is 1. The second kappa shape index (κ2) is 6.58. The monoisotopic (exact) mass is 258 g/mol. The third-order valence-corrected chi connectivity index (χ3v) is 3.56. The maximum absolute atomic E-state index is 11.3. The molecule has 6 nitrogen and oxygen atoms in total. The average molecular weight is 258 g/mol. The number of carbonyl (C=O) groups is 2. The molecule has 0 aromatic heterocycles. The van der Waals surface area contributed by atoms with Crippen molar-refractivity contribution in [1.29, 1.82) is 0 Å². The Morgan fingerprint density at radius 1 is 1.17 bits per heavy atom. The highest BCUT2D eigenvalue weighted by Gasteiger charge is 2.27. The molecule has 0 bridgehead atoms. The summed E-state index contributed by atoms with van der Waals surface area (Å²) in [7, 11) is 0. The van der Waals surface area contributed by atoms with E-state index in [1.807, 2.05) is 6.92 Å². The van der Waals surface area contributed by atoms with Crippen molar-refractivity contribution in [2.45, 2.75) is 57.7 Å². The predicted octanol–water partition coefficient (Wildman–Crippen LogP) is 0.698. The van der Waals surface area contributed by atoms with Gasteiger partial charge in [0.1, 0.15) is 6.10 Å². The van der Waals surface area contributed by atoms with Crippen molar-refractivity contribution in [1.82, 2.24) is 10.6 Å². The smallest absolute Gasteiger partial charge is 0.404 e. The number of aliphatic hydroxyl groups excluding tert-OH is 1. The van der Waals surface area contributed by atoms with Crippen molar-refractivity contribution in [3.63, 3.8) is 0 Å². The number of hydrogen-bond acceptors (Lipinski definition) is 3. The van der Waals surface area contributed by atoms with Crippen LogP contribution in [-0.2, 0) is 4.79 Å². The van der Waals surface area contributed by atoms with Gasteiger partial charge in [-0.15, -0.1) is 0 Å². The fourth-order valence-corrected chi connectivity index (χ4v) is 2.40. The molecule has 2 amide bonds. The fourth-order valence-electron chi connectivity index (χ4n) is 2.40. The zero-order valence-corrected chi connectivity index (χ0v) is 10.8. The van der Waals surface area contributed by atoms with E-state index in [0.29, 0.717) is 5.92 Å². The largest absolute Gasteiger partial charge is 0.465 e. The zero-order chi connectivity index (χ0) is 13.7. The summed E-state index contributed by atoms with van der Waals surface area (Å²) in [6, 6.07) is 0.0382. The first-order chi connectivity index (χ1) is 8.40. The van der Waals surface area contributed by atoms with E-state index in [9.17, 15) is 9.59 Å². The Hall–Kier alpha value is -1.30. The molecule has 4 N–H and O–H groups in total. The second-order valence-electron chi connectivity index (χ2n) is 5.03. The van der Waals surface area contributed by atoms with Crippen LogP contribution in [0.1, 0.15) is 39.5 Å². The molecule has 18 heavy (non-hydrogen) atoms. The molecule has 1 saturated carbocycles. The molecular weight excluding hydrogens is 236 g/mol. The number of nitrogens with one attached hydrogen (secondary N) is 2. The normalized spacial score (nSPS) is 27.1. The van der Waals surface area contributed by atoms with Crippen LogP contribution < -0.4 is 10.6 Å². The first-order valence-corrected chi connectivity index (χ1v) is 6.38. The van der Waals surface area contributed by atoms with E-state index >= 15 is 0 Å². The fraction of sp³-hybridized carbons (Fsp3) is 0.833. The molecule has 0 radical (unpaired) electrons. The van der Waals surface area contributed by atoms with Gasteiger partial charge in [-0.1, -0.05) is 0 Å². The lowest BCUT2D eigenvalue weighted by Crippen LogP contribution is -2.45. The summed E-state index contributed by atoms with van der Waals surface area (Å²) in [6.45, 7) is 3.31. The Morgan fingerprint density at radius 3 is 2.17 bits per heavy atom. The minimum Gasteiger partial charge on any atom is -0.465 e. The van der Waals surface area contributed by atoms with Crippen LogP contribution in [0.4, 0.5) is 4.79 Å². The average Bonchev–Trinajstić information content (AvgIpc) is 2.28. The highest BCUT2D eigenvalue weighted by atomic mass is 16.4. The summed E-state index contributed by atoms with van der Waals surface area (Å²) >= 11 is 0. The highest BCUT2D eigenvalue weighted by Crippen LogP contribution is 2.26. The molecule has 0 spiro atoms. The Kier molecular flexibility index (Phi) is 5.40. The van der Waals surface area contributed by atoms with Crippen LogP contribution in [-0.4, -0.2) is 40.4 Å². The van der Waals surface area contributed by atoms with E-state index in [1.54, 1.807) is 0 Å². The molecule has 1 aliphatic carbocycles. The van der Waals surface area contributed by atoms with E-state index in [2.05, 4.69) is 10.6 Å². The van der Waals surface area contributed by atoms with Gasteiger partial charge < -0.3 is 20.8 Å². The van der Waals surface area contributed by atoms with Crippen LogP contribution in [0.5, 0.6) is 0 Å². The van der Waals surface area contributed by atoms with Crippen LogP contribution in [0.15, 0.2) is 0 Å². The Bertz CT molecular complexity index is 298. The second-order valence-corrected chi connectivity index (χ2v) is 5.03. The topological polar surface area (TPSA) is 98.7 Å². The van der Waals surface area contributed by atoms with E-state index in [0.717, 1.165) is 25.7 Å². The maximum atomic E-state index is 11.3. The number of carboxylic acid groups (broad SMARTS) is 1. The number of amides is 2. The molecule has 0 aliphatic heterocycles. The minimum atomic E-state index is -0.993. The van der Waals surface area contributed by atoms with Crippen molar-refractivity contribution >= 4 is 12.0 Å². The Labute approximate surface area is 107 Å². The summed E-state index contributed by atoms with van der Waals surface area (Å²) in [6.07, 6.45) is 1.45. The summed E-state index contributed by atoms with van der Waals surface area (Å²) in [5.74, 6) is -0.0176. The summed E-state index contributed by atoms with van der Waals surface area (Å²) in [5.41, 5.74) is 0. The lowest BCUT2D eigenvalue weighted by atomic mass is 9.82. The van der Waals surface area contributed by atoms with Crippen molar-refractivity contribution in [2.75, 3.05) is 0 Å². The molecule has 2 unspecified atom stereocenters. The van der Waals surface area contributed by atoms with Gasteiger partial charge in [0.05, 0.1) is 0 Å². The molecule has 1 fully saturated rings. The summed E-state index contributed by atoms with van der Waals surface area (Å²) in [4.78, 5) is 21.9. The van der Waals surface area contributed by atoms with Gasteiger partial charge in [0, 0.05) is 12.1 Å². The van der Waals surface area contributed by atoms with Gasteiger partial charge in [0.15, 0.2) is 0 Å². The van der Waals surface area contributed by atoms with Crippen LogP contribution in [0.25, 0.3) is 0 Å². The Morgan fingerprint density at radius 2 is 1.72 bits per heavy atom. The molecule has 0 aromatic carbocycles. The van der Waals surface area contributed by atoms with Crippen molar-refractivity contribution < 1.29 is 19.8 Å². The standard InChI is InChI=1S/C12H22N2O4/c1-7(13-12(17)18)9-3-5-10(6-4-9)14-11(16)8(2)15/h7-10,13,15H,3-6H2,1-2H3,(H,14,16)(H,17,18).